The van der Waals surface area contributed by atoms with Gasteiger partial charge >= 0.3 is 0 Å². The Morgan fingerprint density at radius 3 is 2.46 bits per heavy atom. The second-order valence-electron chi connectivity index (χ2n) is 2.57. The summed E-state index contributed by atoms with van der Waals surface area (Å²) in [5.41, 5.74) is 3.63. The summed E-state index contributed by atoms with van der Waals surface area (Å²) >= 11 is 0. The average molecular weight is 182 g/mol. The minimum Gasteiger partial charge on any atom is -0.493 e. The van der Waals surface area contributed by atoms with Crippen molar-refractivity contribution in [1.29, 1.82) is 0 Å². The zero-order chi connectivity index (χ0) is 9.68. The minimum atomic E-state index is 0.611. The summed E-state index contributed by atoms with van der Waals surface area (Å²) in [6.45, 7) is 0.611. The Labute approximate surface area is 77.6 Å². The number of methoxy groups -OCH3 is 2. The number of hydrazine groups is 1. The highest BCUT2D eigenvalue weighted by atomic mass is 16.5. The lowest BCUT2D eigenvalue weighted by Crippen LogP contribution is -2.20. The van der Waals surface area contributed by atoms with Crippen molar-refractivity contribution in [2.45, 2.75) is 6.54 Å². The molecule has 0 aliphatic carbocycles. The van der Waals surface area contributed by atoms with Gasteiger partial charge in [-0.15, -0.1) is 0 Å². The van der Waals surface area contributed by atoms with Gasteiger partial charge in [0.1, 0.15) is 0 Å². The maximum Gasteiger partial charge on any atom is 0.161 e. The first-order chi connectivity index (χ1) is 6.31. The van der Waals surface area contributed by atoms with E-state index < -0.39 is 0 Å². The van der Waals surface area contributed by atoms with Crippen molar-refractivity contribution >= 4 is 0 Å². The number of rotatable bonds is 4. The zero-order valence-corrected chi connectivity index (χ0v) is 7.83. The molecule has 0 saturated heterocycles. The van der Waals surface area contributed by atoms with Gasteiger partial charge in [0.05, 0.1) is 14.2 Å². The monoisotopic (exact) mass is 182 g/mol. The molecule has 4 nitrogen and oxygen atoms in total. The molecule has 0 aliphatic heterocycles. The van der Waals surface area contributed by atoms with Gasteiger partial charge in [-0.1, -0.05) is 6.07 Å². The molecule has 0 amide bonds. The lowest BCUT2D eigenvalue weighted by atomic mass is 10.2. The molecule has 72 valence electrons. The predicted molar refractivity (Wildman–Crippen MR) is 50.6 cm³/mol. The van der Waals surface area contributed by atoms with Gasteiger partial charge < -0.3 is 9.47 Å². The van der Waals surface area contributed by atoms with Crippen LogP contribution in [0.15, 0.2) is 18.2 Å². The molecule has 1 aromatic carbocycles. The number of hydrogen-bond acceptors (Lipinski definition) is 4. The predicted octanol–water partition coefficient (Wildman–Crippen LogP) is 0.667. The quantitative estimate of drug-likeness (QED) is 0.530. The van der Waals surface area contributed by atoms with Crippen LogP contribution in [0.3, 0.4) is 0 Å². The molecule has 0 spiro atoms. The van der Waals surface area contributed by atoms with E-state index in [2.05, 4.69) is 5.43 Å². The smallest absolute Gasteiger partial charge is 0.161 e. The molecule has 0 heterocycles. The number of benzene rings is 1. The molecule has 0 atom stereocenters. The second-order valence-corrected chi connectivity index (χ2v) is 2.57. The largest absolute Gasteiger partial charge is 0.493 e. The highest BCUT2D eigenvalue weighted by Gasteiger charge is 2.03. The molecule has 1 rings (SSSR count). The van der Waals surface area contributed by atoms with Crippen LogP contribution in [0.2, 0.25) is 0 Å². The van der Waals surface area contributed by atoms with E-state index >= 15 is 0 Å². The van der Waals surface area contributed by atoms with Gasteiger partial charge in [-0.05, 0) is 17.7 Å². The number of nitrogens with one attached hydrogen (secondary N) is 1. The topological polar surface area (TPSA) is 56.5 Å². The van der Waals surface area contributed by atoms with E-state index in [0.717, 1.165) is 17.1 Å². The van der Waals surface area contributed by atoms with Crippen LogP contribution in [0.5, 0.6) is 11.5 Å². The Morgan fingerprint density at radius 2 is 1.92 bits per heavy atom. The number of hydrogen-bond donors (Lipinski definition) is 2. The maximum atomic E-state index is 5.20. The summed E-state index contributed by atoms with van der Waals surface area (Å²) in [6, 6.07) is 5.67. The number of ether oxygens (including phenoxy) is 2. The highest BCUT2D eigenvalue weighted by molar-refractivity contribution is 5.42. The fraction of sp³-hybridized carbons (Fsp3) is 0.333. The van der Waals surface area contributed by atoms with Gasteiger partial charge in [-0.3, -0.25) is 11.3 Å². The van der Waals surface area contributed by atoms with Crippen LogP contribution in [0.25, 0.3) is 0 Å². The standard InChI is InChI=1S/C9H14N2O2/c1-12-8-4-3-7(6-11-10)5-9(8)13-2/h3-5,11H,6,10H2,1-2H3. The fourth-order valence-corrected chi connectivity index (χ4v) is 1.11. The molecular weight excluding hydrogens is 168 g/mol. The van der Waals surface area contributed by atoms with Crippen molar-refractivity contribution in [3.63, 3.8) is 0 Å². The van der Waals surface area contributed by atoms with E-state index in [1.54, 1.807) is 14.2 Å². The van der Waals surface area contributed by atoms with Crippen molar-refractivity contribution in [2.75, 3.05) is 14.2 Å². The molecule has 0 bridgehead atoms. The zero-order valence-electron chi connectivity index (χ0n) is 7.83. The Morgan fingerprint density at radius 1 is 1.23 bits per heavy atom. The average Bonchev–Trinajstić information content (AvgIpc) is 2.18. The van der Waals surface area contributed by atoms with E-state index in [9.17, 15) is 0 Å². The molecule has 0 aliphatic rings. The third kappa shape index (κ3) is 2.34. The molecule has 0 unspecified atom stereocenters. The van der Waals surface area contributed by atoms with E-state index in [4.69, 9.17) is 15.3 Å². The van der Waals surface area contributed by atoms with Gasteiger partial charge in [0.2, 0.25) is 0 Å². The lowest BCUT2D eigenvalue weighted by molar-refractivity contribution is 0.354. The molecule has 0 radical (unpaired) electrons. The minimum absolute atomic E-state index is 0.611. The highest BCUT2D eigenvalue weighted by Crippen LogP contribution is 2.27. The Bertz CT molecular complexity index is 276. The van der Waals surface area contributed by atoms with Crippen LogP contribution in [0.1, 0.15) is 5.56 Å². The van der Waals surface area contributed by atoms with Crippen molar-refractivity contribution in [1.82, 2.24) is 5.43 Å². The summed E-state index contributed by atoms with van der Waals surface area (Å²) in [4.78, 5) is 0. The summed E-state index contributed by atoms with van der Waals surface area (Å²) in [7, 11) is 3.22. The second kappa shape index (κ2) is 4.69. The first-order valence-corrected chi connectivity index (χ1v) is 3.96. The Hall–Kier alpha value is -1.26. The van der Waals surface area contributed by atoms with Crippen molar-refractivity contribution in [3.05, 3.63) is 23.8 Å². The lowest BCUT2D eigenvalue weighted by Gasteiger charge is -2.08. The Kier molecular flexibility index (Phi) is 3.54. The molecular formula is C9H14N2O2. The molecule has 0 saturated carbocycles. The SMILES string of the molecule is COc1ccc(CNN)cc1OC. The van der Waals surface area contributed by atoms with E-state index in [-0.39, 0.29) is 0 Å². The summed E-state index contributed by atoms with van der Waals surface area (Å²) in [5.74, 6) is 6.64. The molecule has 1 aromatic rings. The summed E-state index contributed by atoms with van der Waals surface area (Å²) < 4.78 is 10.2. The van der Waals surface area contributed by atoms with Crippen LogP contribution in [0, 0.1) is 0 Å². The van der Waals surface area contributed by atoms with Gasteiger partial charge in [0, 0.05) is 6.54 Å². The summed E-state index contributed by atoms with van der Waals surface area (Å²) in [6.07, 6.45) is 0. The fourth-order valence-electron chi connectivity index (χ4n) is 1.11. The van der Waals surface area contributed by atoms with Gasteiger partial charge in [-0.2, -0.15) is 0 Å². The molecule has 3 N–H and O–H groups in total. The van der Waals surface area contributed by atoms with Crippen molar-refractivity contribution in [3.8, 4) is 11.5 Å². The van der Waals surface area contributed by atoms with Crippen LogP contribution >= 0.6 is 0 Å². The summed E-state index contributed by atoms with van der Waals surface area (Å²) in [5, 5.41) is 0. The van der Waals surface area contributed by atoms with Gasteiger partial charge in [-0.25, -0.2) is 0 Å². The van der Waals surface area contributed by atoms with E-state index in [0.29, 0.717) is 6.54 Å². The normalized spacial score (nSPS) is 9.77. The Balaban J connectivity index is 2.91. The third-order valence-electron chi connectivity index (χ3n) is 1.75. The third-order valence-corrected chi connectivity index (χ3v) is 1.75. The van der Waals surface area contributed by atoms with Gasteiger partial charge in [0.25, 0.3) is 0 Å². The van der Waals surface area contributed by atoms with Crippen molar-refractivity contribution < 1.29 is 9.47 Å². The van der Waals surface area contributed by atoms with Crippen LogP contribution in [-0.4, -0.2) is 14.2 Å². The van der Waals surface area contributed by atoms with Crippen LogP contribution < -0.4 is 20.7 Å². The molecule has 13 heavy (non-hydrogen) atoms. The molecule has 0 fully saturated rings. The van der Waals surface area contributed by atoms with E-state index in [1.807, 2.05) is 18.2 Å². The van der Waals surface area contributed by atoms with E-state index in [1.165, 1.54) is 0 Å². The molecule has 4 heteroatoms. The van der Waals surface area contributed by atoms with Gasteiger partial charge in [0.15, 0.2) is 11.5 Å². The van der Waals surface area contributed by atoms with Crippen LogP contribution in [0.4, 0.5) is 0 Å². The maximum absolute atomic E-state index is 5.20. The van der Waals surface area contributed by atoms with Crippen molar-refractivity contribution in [2.24, 2.45) is 5.84 Å². The first kappa shape index (κ1) is 9.83. The van der Waals surface area contributed by atoms with Crippen LogP contribution in [-0.2, 0) is 6.54 Å². The first-order valence-electron chi connectivity index (χ1n) is 3.96. The molecule has 0 aromatic heterocycles. The number of nitrogens with two attached hydrogens (primary N) is 1.